The number of hydrogen-bond donors (Lipinski definition) is 1. The van der Waals surface area contributed by atoms with Gasteiger partial charge >= 0.3 is 0 Å². The van der Waals surface area contributed by atoms with Gasteiger partial charge in [-0.05, 0) is 54.7 Å². The smallest absolute Gasteiger partial charge is 0.264 e. The second kappa shape index (κ2) is 8.77. The Bertz CT molecular complexity index is 1230. The molecule has 3 aromatic carbocycles. The van der Waals surface area contributed by atoms with Crippen molar-refractivity contribution in [1.82, 2.24) is 0 Å². The maximum Gasteiger partial charge on any atom is 0.264 e. The lowest BCUT2D eigenvalue weighted by atomic mass is 9.87. The second-order valence-electron chi connectivity index (χ2n) is 9.22. The molecular formula is C28H28ClNO3. The average Bonchev–Trinajstić information content (AvgIpc) is 2.97. The van der Waals surface area contributed by atoms with E-state index < -0.39 is 11.5 Å². The van der Waals surface area contributed by atoms with Gasteiger partial charge in [0.2, 0.25) is 0 Å². The first kappa shape index (κ1) is 23.2. The lowest BCUT2D eigenvalue weighted by molar-refractivity contribution is -0.136. The highest BCUT2D eigenvalue weighted by Gasteiger charge is 2.51. The number of benzene rings is 3. The Morgan fingerprint density at radius 2 is 1.73 bits per heavy atom. The van der Waals surface area contributed by atoms with Gasteiger partial charge < -0.3 is 10.0 Å². The van der Waals surface area contributed by atoms with Crippen LogP contribution in [0.5, 0.6) is 0 Å². The van der Waals surface area contributed by atoms with E-state index in [1.54, 1.807) is 35.2 Å². The van der Waals surface area contributed by atoms with E-state index in [1.165, 1.54) is 0 Å². The van der Waals surface area contributed by atoms with Crippen molar-refractivity contribution in [2.75, 3.05) is 4.90 Å². The summed E-state index contributed by atoms with van der Waals surface area (Å²) in [4.78, 5) is 28.2. The maximum absolute atomic E-state index is 13.6. The molecule has 1 heterocycles. The number of aryl methyl sites for hydroxylation is 2. The highest BCUT2D eigenvalue weighted by Crippen LogP contribution is 2.45. The minimum absolute atomic E-state index is 0.291. The van der Waals surface area contributed by atoms with Gasteiger partial charge in [-0.2, -0.15) is 0 Å². The minimum Gasteiger partial charge on any atom is -0.375 e. The molecule has 0 saturated heterocycles. The third-order valence-corrected chi connectivity index (χ3v) is 6.67. The van der Waals surface area contributed by atoms with Crippen LogP contribution in [0.15, 0.2) is 60.7 Å². The Hall–Kier alpha value is -2.95. The zero-order valence-corrected chi connectivity index (χ0v) is 20.1. The van der Waals surface area contributed by atoms with Gasteiger partial charge in [-0.25, -0.2) is 0 Å². The van der Waals surface area contributed by atoms with E-state index in [0.717, 1.165) is 22.3 Å². The van der Waals surface area contributed by atoms with Crippen LogP contribution < -0.4 is 4.90 Å². The quantitative estimate of drug-likeness (QED) is 0.452. The SMILES string of the molecule is Cc1ccc(CN2C(=O)C(O)(CC(=O)c3ccc(C(C)C)cc3)c3cc(Cl)ccc32)c(C)c1. The number of fused-ring (bicyclic) bond motifs is 1. The summed E-state index contributed by atoms with van der Waals surface area (Å²) in [5.74, 6) is -0.449. The number of Topliss-reactive ketones (excluding diaryl/α,β-unsaturated/α-hetero) is 1. The predicted octanol–water partition coefficient (Wildman–Crippen LogP) is 6.09. The van der Waals surface area contributed by atoms with E-state index in [0.29, 0.717) is 34.3 Å². The molecule has 0 bridgehead atoms. The van der Waals surface area contributed by atoms with Crippen molar-refractivity contribution in [3.05, 3.63) is 99.1 Å². The first-order chi connectivity index (χ1) is 15.6. The Labute approximate surface area is 199 Å². The van der Waals surface area contributed by atoms with Gasteiger partial charge in [0.15, 0.2) is 11.4 Å². The molecule has 0 saturated carbocycles. The number of hydrogen-bond acceptors (Lipinski definition) is 3. The van der Waals surface area contributed by atoms with Crippen LogP contribution >= 0.6 is 11.6 Å². The summed E-state index contributed by atoms with van der Waals surface area (Å²) >= 11 is 6.22. The molecule has 0 aliphatic carbocycles. The van der Waals surface area contributed by atoms with Crippen LogP contribution in [-0.2, 0) is 16.9 Å². The van der Waals surface area contributed by atoms with E-state index in [1.807, 2.05) is 38.1 Å². The number of carbonyl (C=O) groups excluding carboxylic acids is 2. The first-order valence-corrected chi connectivity index (χ1v) is 11.5. The van der Waals surface area contributed by atoms with Crippen LogP contribution in [0.2, 0.25) is 5.02 Å². The normalized spacial score (nSPS) is 17.5. The summed E-state index contributed by atoms with van der Waals surface area (Å²) in [5, 5.41) is 12.0. The molecule has 0 radical (unpaired) electrons. The van der Waals surface area contributed by atoms with Crippen LogP contribution in [0.4, 0.5) is 5.69 Å². The predicted molar refractivity (Wildman–Crippen MR) is 132 cm³/mol. The number of ketones is 1. The molecule has 1 aliphatic rings. The zero-order valence-electron chi connectivity index (χ0n) is 19.4. The van der Waals surface area contributed by atoms with E-state index in [-0.39, 0.29) is 12.2 Å². The van der Waals surface area contributed by atoms with Crippen molar-refractivity contribution in [3.8, 4) is 0 Å². The molecule has 1 unspecified atom stereocenters. The molecule has 3 aromatic rings. The van der Waals surface area contributed by atoms with E-state index in [4.69, 9.17) is 11.6 Å². The lowest BCUT2D eigenvalue weighted by Gasteiger charge is -2.23. The van der Waals surface area contributed by atoms with Crippen LogP contribution in [0.3, 0.4) is 0 Å². The van der Waals surface area contributed by atoms with Crippen molar-refractivity contribution < 1.29 is 14.7 Å². The Kier molecular flexibility index (Phi) is 6.17. The highest BCUT2D eigenvalue weighted by atomic mass is 35.5. The molecule has 4 rings (SSSR count). The van der Waals surface area contributed by atoms with E-state index in [9.17, 15) is 14.7 Å². The van der Waals surface area contributed by atoms with Gasteiger partial charge in [-0.15, -0.1) is 0 Å². The number of carbonyl (C=O) groups is 2. The van der Waals surface area contributed by atoms with Gasteiger partial charge in [-0.1, -0.05) is 73.5 Å². The first-order valence-electron chi connectivity index (χ1n) is 11.1. The van der Waals surface area contributed by atoms with Gasteiger partial charge in [0.1, 0.15) is 0 Å². The molecule has 0 spiro atoms. The van der Waals surface area contributed by atoms with E-state index in [2.05, 4.69) is 19.9 Å². The van der Waals surface area contributed by atoms with Gasteiger partial charge in [0.05, 0.1) is 18.7 Å². The van der Waals surface area contributed by atoms with Crippen molar-refractivity contribution in [1.29, 1.82) is 0 Å². The Morgan fingerprint density at radius 3 is 2.36 bits per heavy atom. The molecule has 1 N–H and O–H groups in total. The van der Waals surface area contributed by atoms with Gasteiger partial charge in [-0.3, -0.25) is 9.59 Å². The zero-order chi connectivity index (χ0) is 23.9. The van der Waals surface area contributed by atoms with Crippen molar-refractivity contribution in [3.63, 3.8) is 0 Å². The molecule has 0 aromatic heterocycles. The number of aliphatic hydroxyl groups is 1. The number of nitrogens with zero attached hydrogens (tertiary/aromatic N) is 1. The molecule has 1 atom stereocenters. The molecule has 1 aliphatic heterocycles. The summed E-state index contributed by atoms with van der Waals surface area (Å²) in [5.41, 5.74) is 3.77. The third-order valence-electron chi connectivity index (χ3n) is 6.44. The average molecular weight is 462 g/mol. The van der Waals surface area contributed by atoms with Crippen LogP contribution in [-0.4, -0.2) is 16.8 Å². The number of halogens is 1. The fourth-order valence-corrected chi connectivity index (χ4v) is 4.60. The lowest BCUT2D eigenvalue weighted by Crippen LogP contribution is -2.41. The molecule has 4 nitrogen and oxygen atoms in total. The molecule has 33 heavy (non-hydrogen) atoms. The molecule has 170 valence electrons. The molecule has 0 fully saturated rings. The number of rotatable bonds is 6. The van der Waals surface area contributed by atoms with Crippen LogP contribution in [0.25, 0.3) is 0 Å². The molecular weight excluding hydrogens is 434 g/mol. The largest absolute Gasteiger partial charge is 0.375 e. The van der Waals surface area contributed by atoms with Crippen LogP contribution in [0.1, 0.15) is 64.4 Å². The summed E-state index contributed by atoms with van der Waals surface area (Å²) in [6, 6.07) is 18.4. The van der Waals surface area contributed by atoms with Crippen molar-refractivity contribution in [2.45, 2.75) is 52.2 Å². The van der Waals surface area contributed by atoms with Crippen LogP contribution in [0, 0.1) is 13.8 Å². The summed E-state index contributed by atoms with van der Waals surface area (Å²) < 4.78 is 0. The number of amides is 1. The van der Waals surface area contributed by atoms with Crippen molar-refractivity contribution >= 4 is 29.0 Å². The Morgan fingerprint density at radius 1 is 1.03 bits per heavy atom. The number of anilines is 1. The third kappa shape index (κ3) is 4.33. The fraction of sp³-hybridized carbons (Fsp3) is 0.286. The Balaban J connectivity index is 1.68. The highest BCUT2D eigenvalue weighted by molar-refractivity contribution is 6.31. The summed E-state index contributed by atoms with van der Waals surface area (Å²) in [7, 11) is 0. The maximum atomic E-state index is 13.6. The molecule has 1 amide bonds. The monoisotopic (exact) mass is 461 g/mol. The second-order valence-corrected chi connectivity index (χ2v) is 9.66. The minimum atomic E-state index is -1.97. The van der Waals surface area contributed by atoms with Crippen molar-refractivity contribution in [2.24, 2.45) is 0 Å². The fourth-order valence-electron chi connectivity index (χ4n) is 4.43. The van der Waals surface area contributed by atoms with Gasteiger partial charge in [0.25, 0.3) is 5.91 Å². The standard InChI is InChI=1S/C28H28ClNO3/c1-17(2)20-7-9-21(10-8-20)26(31)15-28(33)24-14-23(29)11-12-25(24)30(27(28)32)16-22-6-5-18(3)13-19(22)4/h5-14,17,33H,15-16H2,1-4H3. The van der Waals surface area contributed by atoms with Gasteiger partial charge in [0, 0.05) is 16.1 Å². The van der Waals surface area contributed by atoms with E-state index >= 15 is 0 Å². The topological polar surface area (TPSA) is 57.6 Å². The summed E-state index contributed by atoms with van der Waals surface area (Å²) in [6.07, 6.45) is -0.344. The molecule has 5 heteroatoms. The summed E-state index contributed by atoms with van der Waals surface area (Å²) in [6.45, 7) is 8.50.